The third-order valence-electron chi connectivity index (χ3n) is 3.08. The predicted molar refractivity (Wildman–Crippen MR) is 68.2 cm³/mol. The monoisotopic (exact) mass is 240 g/mol. The summed E-state index contributed by atoms with van der Waals surface area (Å²) in [4.78, 5) is 2.41. The molecule has 15 heavy (non-hydrogen) atoms. The van der Waals surface area contributed by atoms with Crippen LogP contribution in [0.5, 0.6) is 0 Å². The number of fused-ring (bicyclic) bond motifs is 1. The molecule has 2 rings (SSSR count). The largest absolute Gasteiger partial charge is 0.393 e. The van der Waals surface area contributed by atoms with Crippen molar-refractivity contribution in [2.24, 2.45) is 0 Å². The first kappa shape index (κ1) is 11.4. The molecule has 0 saturated heterocycles. The predicted octanol–water partition coefficient (Wildman–Crippen LogP) is 2.86. The minimum absolute atomic E-state index is 0.164. The van der Waals surface area contributed by atoms with Crippen molar-refractivity contribution in [3.05, 3.63) is 22.8 Å². The first-order chi connectivity index (χ1) is 7.13. The number of aliphatic hydroxyl groups excluding tert-OH is 1. The Morgan fingerprint density at radius 3 is 2.93 bits per heavy atom. The number of hydrogen-bond donors (Lipinski definition) is 2. The molecule has 1 atom stereocenters. The van der Waals surface area contributed by atoms with Crippen LogP contribution in [0.15, 0.2) is 15.9 Å². The Hall–Kier alpha value is -0.120. The Bertz CT molecular complexity index is 388. The van der Waals surface area contributed by atoms with Crippen molar-refractivity contribution in [1.29, 1.82) is 0 Å². The molecule has 0 heterocycles. The molecule has 0 amide bonds. The molecule has 1 aromatic rings. The average Bonchev–Trinajstić information content (AvgIpc) is 2.20. The Kier molecular flexibility index (Phi) is 3.33. The Morgan fingerprint density at radius 2 is 2.27 bits per heavy atom. The standard InChI is InChI=1S/C12H16OS2/c1-7-11(14)6-8-5-9(13)3-4-10(8)12(7)15-2/h6,9,13-14H,3-5H2,1-2H3. The van der Waals surface area contributed by atoms with Crippen molar-refractivity contribution < 1.29 is 5.11 Å². The van der Waals surface area contributed by atoms with E-state index >= 15 is 0 Å². The molecule has 0 saturated carbocycles. The van der Waals surface area contributed by atoms with Crippen LogP contribution in [0.1, 0.15) is 23.1 Å². The van der Waals surface area contributed by atoms with Crippen LogP contribution >= 0.6 is 24.4 Å². The van der Waals surface area contributed by atoms with Crippen LogP contribution in [0.4, 0.5) is 0 Å². The number of aliphatic hydroxyl groups is 1. The molecule has 1 nitrogen and oxygen atoms in total. The lowest BCUT2D eigenvalue weighted by Crippen LogP contribution is -2.19. The molecule has 0 radical (unpaired) electrons. The van der Waals surface area contributed by atoms with E-state index in [4.69, 9.17) is 0 Å². The van der Waals surface area contributed by atoms with Crippen LogP contribution in [-0.2, 0) is 12.8 Å². The summed E-state index contributed by atoms with van der Waals surface area (Å²) in [6.45, 7) is 2.12. The van der Waals surface area contributed by atoms with Gasteiger partial charge in [-0.1, -0.05) is 0 Å². The van der Waals surface area contributed by atoms with Crippen LogP contribution in [0.3, 0.4) is 0 Å². The summed E-state index contributed by atoms with van der Waals surface area (Å²) < 4.78 is 0. The van der Waals surface area contributed by atoms with Crippen molar-refractivity contribution in [2.75, 3.05) is 6.26 Å². The summed E-state index contributed by atoms with van der Waals surface area (Å²) in [6, 6.07) is 2.12. The summed E-state index contributed by atoms with van der Waals surface area (Å²) in [6.07, 6.45) is 4.63. The smallest absolute Gasteiger partial charge is 0.0583 e. The van der Waals surface area contributed by atoms with Gasteiger partial charge in [-0.2, -0.15) is 0 Å². The molecular weight excluding hydrogens is 224 g/mol. The van der Waals surface area contributed by atoms with Gasteiger partial charge in [0.2, 0.25) is 0 Å². The van der Waals surface area contributed by atoms with Gasteiger partial charge in [0, 0.05) is 9.79 Å². The molecule has 0 aliphatic heterocycles. The van der Waals surface area contributed by atoms with E-state index in [1.54, 1.807) is 11.8 Å². The minimum atomic E-state index is -0.164. The molecule has 3 heteroatoms. The average molecular weight is 240 g/mol. The molecule has 1 aliphatic rings. The van der Waals surface area contributed by atoms with E-state index in [1.807, 2.05) is 0 Å². The number of thioether (sulfide) groups is 1. The lowest BCUT2D eigenvalue weighted by atomic mass is 9.88. The molecule has 82 valence electrons. The normalized spacial score (nSPS) is 20.1. The first-order valence-corrected chi connectivity index (χ1v) is 6.87. The highest BCUT2D eigenvalue weighted by Gasteiger charge is 2.21. The second kappa shape index (κ2) is 4.40. The summed E-state index contributed by atoms with van der Waals surface area (Å²) >= 11 is 6.28. The van der Waals surface area contributed by atoms with E-state index in [9.17, 15) is 5.11 Å². The van der Waals surface area contributed by atoms with Gasteiger partial charge in [-0.25, -0.2) is 0 Å². The van der Waals surface area contributed by atoms with Crippen molar-refractivity contribution in [1.82, 2.24) is 0 Å². The summed E-state index contributed by atoms with van der Waals surface area (Å²) in [5.74, 6) is 0. The van der Waals surface area contributed by atoms with Crippen molar-refractivity contribution >= 4 is 24.4 Å². The van der Waals surface area contributed by atoms with Gasteiger partial charge in [-0.3, -0.25) is 0 Å². The molecule has 1 N–H and O–H groups in total. The zero-order valence-electron chi connectivity index (χ0n) is 9.08. The third kappa shape index (κ3) is 2.05. The minimum Gasteiger partial charge on any atom is -0.393 e. The van der Waals surface area contributed by atoms with Crippen molar-refractivity contribution in [2.45, 2.75) is 42.1 Å². The molecule has 1 aliphatic carbocycles. The van der Waals surface area contributed by atoms with Gasteiger partial charge in [0.15, 0.2) is 0 Å². The lowest BCUT2D eigenvalue weighted by molar-refractivity contribution is 0.158. The first-order valence-electron chi connectivity index (χ1n) is 5.20. The highest BCUT2D eigenvalue weighted by atomic mass is 32.2. The van der Waals surface area contributed by atoms with Crippen LogP contribution < -0.4 is 0 Å². The molecular formula is C12H16OS2. The van der Waals surface area contributed by atoms with Crippen LogP contribution in [0.25, 0.3) is 0 Å². The zero-order valence-corrected chi connectivity index (χ0v) is 10.8. The molecule has 0 fully saturated rings. The zero-order chi connectivity index (χ0) is 11.0. The SMILES string of the molecule is CSc1c(C)c(S)cc2c1CCC(O)C2. The van der Waals surface area contributed by atoms with E-state index < -0.39 is 0 Å². The molecule has 0 spiro atoms. The second-order valence-electron chi connectivity index (χ2n) is 4.09. The summed E-state index contributed by atoms with van der Waals surface area (Å²) in [5, 5.41) is 9.65. The van der Waals surface area contributed by atoms with Gasteiger partial charge in [0.05, 0.1) is 6.10 Å². The van der Waals surface area contributed by atoms with Crippen molar-refractivity contribution in [3.8, 4) is 0 Å². The summed E-state index contributed by atoms with van der Waals surface area (Å²) in [7, 11) is 0. The topological polar surface area (TPSA) is 20.2 Å². The van der Waals surface area contributed by atoms with Gasteiger partial charge in [0.25, 0.3) is 0 Å². The lowest BCUT2D eigenvalue weighted by Gasteiger charge is -2.24. The van der Waals surface area contributed by atoms with E-state index in [0.29, 0.717) is 0 Å². The summed E-state index contributed by atoms with van der Waals surface area (Å²) in [5.41, 5.74) is 4.00. The molecule has 1 aromatic carbocycles. The van der Waals surface area contributed by atoms with E-state index in [1.165, 1.54) is 21.6 Å². The van der Waals surface area contributed by atoms with E-state index in [-0.39, 0.29) is 6.10 Å². The van der Waals surface area contributed by atoms with Gasteiger partial charge in [-0.05, 0) is 55.2 Å². The number of rotatable bonds is 1. The number of thiol groups is 1. The van der Waals surface area contributed by atoms with Crippen LogP contribution in [-0.4, -0.2) is 17.5 Å². The Balaban J connectivity index is 2.55. The maximum absolute atomic E-state index is 9.65. The van der Waals surface area contributed by atoms with Crippen LogP contribution in [0, 0.1) is 6.92 Å². The third-order valence-corrected chi connectivity index (χ3v) is 4.51. The maximum Gasteiger partial charge on any atom is 0.0583 e. The highest BCUT2D eigenvalue weighted by molar-refractivity contribution is 7.98. The molecule has 0 aromatic heterocycles. The van der Waals surface area contributed by atoms with Gasteiger partial charge >= 0.3 is 0 Å². The fourth-order valence-electron chi connectivity index (χ4n) is 2.25. The highest BCUT2D eigenvalue weighted by Crippen LogP contribution is 2.35. The van der Waals surface area contributed by atoms with Crippen LogP contribution in [0.2, 0.25) is 0 Å². The van der Waals surface area contributed by atoms with Gasteiger partial charge in [-0.15, -0.1) is 24.4 Å². The number of benzene rings is 1. The van der Waals surface area contributed by atoms with Gasteiger partial charge < -0.3 is 5.11 Å². The quantitative estimate of drug-likeness (QED) is 0.581. The van der Waals surface area contributed by atoms with Crippen molar-refractivity contribution in [3.63, 3.8) is 0 Å². The second-order valence-corrected chi connectivity index (χ2v) is 5.39. The van der Waals surface area contributed by atoms with E-state index in [2.05, 4.69) is 31.9 Å². The molecule has 0 bridgehead atoms. The maximum atomic E-state index is 9.65. The fraction of sp³-hybridized carbons (Fsp3) is 0.500. The number of hydrogen-bond acceptors (Lipinski definition) is 3. The Morgan fingerprint density at radius 1 is 1.53 bits per heavy atom. The fourth-order valence-corrected chi connectivity index (χ4v) is 3.49. The van der Waals surface area contributed by atoms with E-state index in [0.717, 1.165) is 24.2 Å². The van der Waals surface area contributed by atoms with Gasteiger partial charge in [0.1, 0.15) is 0 Å². The Labute approximate surface area is 101 Å². The molecule has 1 unspecified atom stereocenters.